The van der Waals surface area contributed by atoms with Crippen molar-refractivity contribution < 1.29 is 14.5 Å². The fourth-order valence-electron chi connectivity index (χ4n) is 4.59. The molecule has 10 heteroatoms. The number of benzene rings is 3. The third kappa shape index (κ3) is 5.56. The summed E-state index contributed by atoms with van der Waals surface area (Å²) < 4.78 is 0. The van der Waals surface area contributed by atoms with Gasteiger partial charge in [-0.3, -0.25) is 24.6 Å². The Bertz CT molecular complexity index is 1400. The third-order valence-corrected chi connectivity index (χ3v) is 6.67. The molecule has 2 amide bonds. The first-order valence-corrected chi connectivity index (χ1v) is 12.3. The van der Waals surface area contributed by atoms with Crippen LogP contribution in [0.4, 0.5) is 22.7 Å². The van der Waals surface area contributed by atoms with Crippen molar-refractivity contribution in [3.8, 4) is 0 Å². The Labute approximate surface area is 220 Å². The molecule has 10 nitrogen and oxygen atoms in total. The number of likely N-dealkylation sites (N-methyl/N-ethyl adjacent to an activating group) is 1. The van der Waals surface area contributed by atoms with Crippen LogP contribution in [0.5, 0.6) is 0 Å². The Kier molecular flexibility index (Phi) is 7.16. The van der Waals surface area contributed by atoms with Crippen LogP contribution in [0, 0.1) is 10.1 Å². The molecule has 2 aliphatic heterocycles. The number of piperazine rings is 1. The number of nitro groups is 1. The van der Waals surface area contributed by atoms with Gasteiger partial charge in [0, 0.05) is 60.9 Å². The molecule has 0 aliphatic carbocycles. The lowest BCUT2D eigenvalue weighted by atomic mass is 9.99. The van der Waals surface area contributed by atoms with E-state index in [2.05, 4.69) is 32.8 Å². The van der Waals surface area contributed by atoms with Gasteiger partial charge in [0.15, 0.2) is 0 Å². The highest BCUT2D eigenvalue weighted by Crippen LogP contribution is 2.39. The van der Waals surface area contributed by atoms with Crippen LogP contribution in [-0.2, 0) is 9.59 Å². The van der Waals surface area contributed by atoms with Crippen LogP contribution in [0.15, 0.2) is 72.8 Å². The first-order chi connectivity index (χ1) is 18.4. The molecule has 38 heavy (non-hydrogen) atoms. The van der Waals surface area contributed by atoms with E-state index in [1.807, 2.05) is 42.5 Å². The smallest absolute Gasteiger partial charge is 0.270 e. The van der Waals surface area contributed by atoms with Gasteiger partial charge in [-0.15, -0.1) is 0 Å². The van der Waals surface area contributed by atoms with Gasteiger partial charge in [0.05, 0.1) is 22.7 Å². The molecule has 0 radical (unpaired) electrons. The van der Waals surface area contributed by atoms with Crippen molar-refractivity contribution in [2.24, 2.45) is 0 Å². The summed E-state index contributed by atoms with van der Waals surface area (Å²) in [5, 5.41) is 20.5. The second-order valence-corrected chi connectivity index (χ2v) is 9.39. The Morgan fingerprint density at radius 3 is 2.26 bits per heavy atom. The number of amides is 2. The zero-order chi connectivity index (χ0) is 26.6. The molecule has 0 bridgehead atoms. The minimum atomic E-state index is -0.479. The fourth-order valence-corrected chi connectivity index (χ4v) is 4.59. The van der Waals surface area contributed by atoms with Crippen molar-refractivity contribution in [3.05, 3.63) is 94.0 Å². The van der Waals surface area contributed by atoms with Crippen LogP contribution in [0.25, 0.3) is 11.3 Å². The summed E-state index contributed by atoms with van der Waals surface area (Å²) in [4.78, 5) is 40.9. The van der Waals surface area contributed by atoms with Gasteiger partial charge < -0.3 is 20.9 Å². The number of fused-ring (bicyclic) bond motifs is 1. The van der Waals surface area contributed by atoms with Gasteiger partial charge in [-0.25, -0.2) is 0 Å². The molecule has 0 spiro atoms. The lowest BCUT2D eigenvalue weighted by Gasteiger charge is -2.31. The number of carbonyl (C=O) groups excluding carboxylic acids is 2. The Morgan fingerprint density at radius 2 is 1.61 bits per heavy atom. The molecule has 3 aromatic carbocycles. The molecule has 3 N–H and O–H groups in total. The first-order valence-electron chi connectivity index (χ1n) is 12.3. The number of hydrogen-bond acceptors (Lipinski definition) is 7. The van der Waals surface area contributed by atoms with Crippen molar-refractivity contribution in [2.75, 3.05) is 55.7 Å². The fraction of sp³-hybridized carbons (Fsp3) is 0.214. The number of nitrogens with zero attached hydrogens (tertiary/aromatic N) is 3. The van der Waals surface area contributed by atoms with Crippen molar-refractivity contribution in [1.29, 1.82) is 0 Å². The number of nitrogens with one attached hydrogen (secondary N) is 3. The molecular formula is C28H28N6O4. The predicted octanol–water partition coefficient (Wildman–Crippen LogP) is 3.71. The van der Waals surface area contributed by atoms with E-state index in [4.69, 9.17) is 0 Å². The predicted molar refractivity (Wildman–Crippen MR) is 148 cm³/mol. The van der Waals surface area contributed by atoms with E-state index in [1.54, 1.807) is 18.2 Å². The van der Waals surface area contributed by atoms with E-state index < -0.39 is 4.92 Å². The third-order valence-electron chi connectivity index (χ3n) is 6.67. The zero-order valence-corrected chi connectivity index (χ0v) is 20.9. The zero-order valence-electron chi connectivity index (χ0n) is 20.9. The van der Waals surface area contributed by atoms with Gasteiger partial charge in [0.25, 0.3) is 11.6 Å². The summed E-state index contributed by atoms with van der Waals surface area (Å²) in [5.74, 6) is -0.414. The SMILES string of the molecule is CN1CCN(CC(=O)Nc2ccc(N/C(=C3\C(=O)Nc4ccc([N+](=O)[O-])cc43)c3ccccc3)cc2)CC1. The van der Waals surface area contributed by atoms with Crippen molar-refractivity contribution in [3.63, 3.8) is 0 Å². The monoisotopic (exact) mass is 512 g/mol. The van der Waals surface area contributed by atoms with Crippen molar-refractivity contribution in [1.82, 2.24) is 9.80 Å². The average Bonchev–Trinajstić information content (AvgIpc) is 3.24. The summed E-state index contributed by atoms with van der Waals surface area (Å²) >= 11 is 0. The van der Waals surface area contributed by atoms with Gasteiger partial charge >= 0.3 is 0 Å². The largest absolute Gasteiger partial charge is 0.354 e. The molecular weight excluding hydrogens is 484 g/mol. The maximum absolute atomic E-state index is 13.0. The Hall–Kier alpha value is -4.54. The quantitative estimate of drug-likeness (QED) is 0.251. The molecule has 5 rings (SSSR count). The summed E-state index contributed by atoms with van der Waals surface area (Å²) in [7, 11) is 2.08. The molecule has 2 heterocycles. The van der Waals surface area contributed by atoms with Crippen LogP contribution in [0.3, 0.4) is 0 Å². The molecule has 1 saturated heterocycles. The lowest BCUT2D eigenvalue weighted by molar-refractivity contribution is -0.384. The first kappa shape index (κ1) is 25.1. The topological polar surface area (TPSA) is 120 Å². The lowest BCUT2D eigenvalue weighted by Crippen LogP contribution is -2.47. The molecule has 0 unspecified atom stereocenters. The summed E-state index contributed by atoms with van der Waals surface area (Å²) in [6.45, 7) is 3.97. The minimum absolute atomic E-state index is 0.0665. The number of hydrogen-bond donors (Lipinski definition) is 3. The van der Waals surface area contributed by atoms with Gasteiger partial charge in [-0.05, 0) is 42.9 Å². The number of nitro benzene ring substituents is 1. The van der Waals surface area contributed by atoms with E-state index in [0.717, 1.165) is 31.7 Å². The molecule has 2 aliphatic rings. The number of carbonyl (C=O) groups is 2. The van der Waals surface area contributed by atoms with Gasteiger partial charge in [0.2, 0.25) is 5.91 Å². The summed E-state index contributed by atoms with van der Waals surface area (Å²) in [5.41, 5.74) is 3.84. The number of anilines is 3. The second kappa shape index (κ2) is 10.8. The van der Waals surface area contributed by atoms with Gasteiger partial charge in [0.1, 0.15) is 0 Å². The maximum atomic E-state index is 13.0. The normalized spacial score (nSPS) is 16.9. The van der Waals surface area contributed by atoms with Gasteiger partial charge in [-0.2, -0.15) is 0 Å². The highest BCUT2D eigenvalue weighted by Gasteiger charge is 2.30. The van der Waals surface area contributed by atoms with Crippen LogP contribution >= 0.6 is 0 Å². The van der Waals surface area contributed by atoms with Gasteiger partial charge in [-0.1, -0.05) is 30.3 Å². The van der Waals surface area contributed by atoms with Crippen LogP contribution in [0.1, 0.15) is 11.1 Å². The number of rotatable bonds is 7. The molecule has 0 saturated carbocycles. The summed E-state index contributed by atoms with van der Waals surface area (Å²) in [6, 6.07) is 20.9. The van der Waals surface area contributed by atoms with Crippen LogP contribution in [0.2, 0.25) is 0 Å². The Balaban J connectivity index is 1.38. The van der Waals surface area contributed by atoms with E-state index in [-0.39, 0.29) is 17.5 Å². The van der Waals surface area contributed by atoms with E-state index in [9.17, 15) is 19.7 Å². The maximum Gasteiger partial charge on any atom is 0.270 e. The van der Waals surface area contributed by atoms with E-state index in [0.29, 0.717) is 40.4 Å². The molecule has 0 atom stereocenters. The highest BCUT2D eigenvalue weighted by molar-refractivity contribution is 6.37. The highest BCUT2D eigenvalue weighted by atomic mass is 16.6. The van der Waals surface area contributed by atoms with E-state index in [1.165, 1.54) is 12.1 Å². The summed E-state index contributed by atoms with van der Waals surface area (Å²) in [6.07, 6.45) is 0. The molecule has 1 fully saturated rings. The second-order valence-electron chi connectivity index (χ2n) is 9.39. The minimum Gasteiger partial charge on any atom is -0.354 e. The standard InChI is InChI=1S/C28H28N6O4/c1-32-13-15-33(16-14-32)18-25(35)29-20-7-9-21(10-8-20)30-27(19-5-3-2-4-6-19)26-23-17-22(34(37)38)11-12-24(23)31-28(26)36/h2-12,17,30H,13-16,18H2,1H3,(H,29,35)(H,31,36)/b27-26-. The van der Waals surface area contributed by atoms with Crippen molar-refractivity contribution in [2.45, 2.75) is 0 Å². The molecule has 3 aromatic rings. The van der Waals surface area contributed by atoms with Crippen LogP contribution < -0.4 is 16.0 Å². The average molecular weight is 513 g/mol. The molecule has 194 valence electrons. The molecule has 0 aromatic heterocycles. The Morgan fingerprint density at radius 1 is 0.947 bits per heavy atom. The van der Waals surface area contributed by atoms with Crippen molar-refractivity contribution >= 4 is 45.8 Å². The number of non-ortho nitro benzene ring substituents is 1. The van der Waals surface area contributed by atoms with Crippen LogP contribution in [-0.4, -0.2) is 66.3 Å². The van der Waals surface area contributed by atoms with E-state index >= 15 is 0 Å².